The van der Waals surface area contributed by atoms with Crippen molar-refractivity contribution in [1.29, 1.82) is 0 Å². The molecule has 5 heteroatoms. The molecule has 1 heterocycles. The second kappa shape index (κ2) is 5.57. The summed E-state index contributed by atoms with van der Waals surface area (Å²) in [5.74, 6) is -1.55. The molecule has 0 bridgehead atoms. The number of anilines is 1. The standard InChI is InChI=1S/C14H19FN2O2/c1-16(2)9-11-4-3-7-17(11)13-6-5-10(14(18)19)8-12(13)15/h5-6,8,11H,3-4,7,9H2,1-2H3,(H,18,19). The van der Waals surface area contributed by atoms with E-state index in [0.717, 1.165) is 32.0 Å². The van der Waals surface area contributed by atoms with Crippen LogP contribution in [0.2, 0.25) is 0 Å². The lowest BCUT2D eigenvalue weighted by Gasteiger charge is -2.29. The number of carbonyl (C=O) groups is 1. The van der Waals surface area contributed by atoms with E-state index in [9.17, 15) is 9.18 Å². The third-order valence-electron chi connectivity index (χ3n) is 3.46. The minimum Gasteiger partial charge on any atom is -0.478 e. The van der Waals surface area contributed by atoms with Gasteiger partial charge in [-0.25, -0.2) is 9.18 Å². The number of carboxylic acids is 1. The lowest BCUT2D eigenvalue weighted by Crippen LogP contribution is -2.38. The number of nitrogens with zero attached hydrogens (tertiary/aromatic N) is 2. The van der Waals surface area contributed by atoms with Crippen molar-refractivity contribution in [2.24, 2.45) is 0 Å². The molecule has 104 valence electrons. The SMILES string of the molecule is CN(C)CC1CCCN1c1ccc(C(=O)O)cc1F. The van der Waals surface area contributed by atoms with Crippen molar-refractivity contribution in [1.82, 2.24) is 4.90 Å². The number of benzene rings is 1. The summed E-state index contributed by atoms with van der Waals surface area (Å²) in [7, 11) is 4.00. The van der Waals surface area contributed by atoms with Crippen LogP contribution in [0.15, 0.2) is 18.2 Å². The first kappa shape index (κ1) is 13.8. The zero-order chi connectivity index (χ0) is 14.0. The van der Waals surface area contributed by atoms with Gasteiger partial charge in [-0.05, 0) is 45.1 Å². The highest BCUT2D eigenvalue weighted by atomic mass is 19.1. The Morgan fingerprint density at radius 1 is 1.53 bits per heavy atom. The van der Waals surface area contributed by atoms with E-state index in [1.165, 1.54) is 6.07 Å². The molecule has 2 rings (SSSR count). The molecule has 1 saturated heterocycles. The number of rotatable bonds is 4. The highest BCUT2D eigenvalue weighted by Crippen LogP contribution is 2.28. The lowest BCUT2D eigenvalue weighted by atomic mass is 10.1. The van der Waals surface area contributed by atoms with Crippen molar-refractivity contribution in [3.05, 3.63) is 29.6 Å². The normalized spacial score (nSPS) is 19.2. The Morgan fingerprint density at radius 2 is 2.26 bits per heavy atom. The smallest absolute Gasteiger partial charge is 0.335 e. The van der Waals surface area contributed by atoms with E-state index in [2.05, 4.69) is 4.90 Å². The van der Waals surface area contributed by atoms with Crippen molar-refractivity contribution in [3.8, 4) is 0 Å². The van der Waals surface area contributed by atoms with Crippen LogP contribution in [0.25, 0.3) is 0 Å². The van der Waals surface area contributed by atoms with Crippen LogP contribution in [0, 0.1) is 5.82 Å². The van der Waals surface area contributed by atoms with E-state index in [4.69, 9.17) is 5.11 Å². The van der Waals surface area contributed by atoms with Gasteiger partial charge in [0.05, 0.1) is 11.3 Å². The van der Waals surface area contributed by atoms with Gasteiger partial charge in [0.2, 0.25) is 0 Å². The summed E-state index contributed by atoms with van der Waals surface area (Å²) in [6, 6.07) is 4.43. The third kappa shape index (κ3) is 3.04. The van der Waals surface area contributed by atoms with Gasteiger partial charge in [0, 0.05) is 19.1 Å². The molecule has 1 atom stereocenters. The molecule has 0 radical (unpaired) electrons. The average molecular weight is 266 g/mol. The average Bonchev–Trinajstić information content (AvgIpc) is 2.75. The summed E-state index contributed by atoms with van der Waals surface area (Å²) in [5.41, 5.74) is 0.499. The predicted octanol–water partition coefficient (Wildman–Crippen LogP) is 2.05. The minimum atomic E-state index is -1.10. The number of hydrogen-bond acceptors (Lipinski definition) is 3. The molecular formula is C14H19FN2O2. The van der Waals surface area contributed by atoms with Crippen molar-refractivity contribution < 1.29 is 14.3 Å². The summed E-state index contributed by atoms with van der Waals surface area (Å²) in [6.45, 7) is 1.70. The molecule has 0 aromatic heterocycles. The monoisotopic (exact) mass is 266 g/mol. The van der Waals surface area contributed by atoms with E-state index in [0.29, 0.717) is 11.7 Å². The van der Waals surface area contributed by atoms with Crippen molar-refractivity contribution >= 4 is 11.7 Å². The summed E-state index contributed by atoms with van der Waals surface area (Å²) >= 11 is 0. The first-order valence-corrected chi connectivity index (χ1v) is 6.43. The topological polar surface area (TPSA) is 43.8 Å². The van der Waals surface area contributed by atoms with E-state index >= 15 is 0 Å². The quantitative estimate of drug-likeness (QED) is 0.906. The fourth-order valence-electron chi connectivity index (χ4n) is 2.64. The van der Waals surface area contributed by atoms with Crippen molar-refractivity contribution in [2.45, 2.75) is 18.9 Å². The zero-order valence-corrected chi connectivity index (χ0v) is 11.3. The molecule has 0 saturated carbocycles. The van der Waals surface area contributed by atoms with Crippen molar-refractivity contribution in [3.63, 3.8) is 0 Å². The highest BCUT2D eigenvalue weighted by molar-refractivity contribution is 5.88. The van der Waals surface area contributed by atoms with Gasteiger partial charge in [0.1, 0.15) is 5.82 Å². The molecule has 19 heavy (non-hydrogen) atoms. The highest BCUT2D eigenvalue weighted by Gasteiger charge is 2.27. The molecule has 1 unspecified atom stereocenters. The van der Waals surface area contributed by atoms with Crippen LogP contribution >= 0.6 is 0 Å². The third-order valence-corrected chi connectivity index (χ3v) is 3.46. The predicted molar refractivity (Wildman–Crippen MR) is 72.3 cm³/mol. The van der Waals surface area contributed by atoms with Crippen LogP contribution in [-0.2, 0) is 0 Å². The summed E-state index contributed by atoms with van der Waals surface area (Å²) in [4.78, 5) is 14.9. The summed E-state index contributed by atoms with van der Waals surface area (Å²) < 4.78 is 14.1. The maximum atomic E-state index is 14.1. The molecule has 1 aliphatic heterocycles. The molecule has 1 aromatic carbocycles. The van der Waals surface area contributed by atoms with Gasteiger partial charge in [0.25, 0.3) is 0 Å². The van der Waals surface area contributed by atoms with Gasteiger partial charge >= 0.3 is 5.97 Å². The molecule has 1 aromatic rings. The Labute approximate surface area is 112 Å². The number of halogens is 1. The van der Waals surface area contributed by atoms with Gasteiger partial charge in [-0.2, -0.15) is 0 Å². The van der Waals surface area contributed by atoms with E-state index in [1.807, 2.05) is 19.0 Å². The number of likely N-dealkylation sites (N-methyl/N-ethyl adjacent to an activating group) is 1. The molecular weight excluding hydrogens is 247 g/mol. The first-order valence-electron chi connectivity index (χ1n) is 6.43. The number of hydrogen-bond donors (Lipinski definition) is 1. The Morgan fingerprint density at radius 3 is 2.84 bits per heavy atom. The van der Waals surface area contributed by atoms with Gasteiger partial charge in [0.15, 0.2) is 0 Å². The van der Waals surface area contributed by atoms with Crippen LogP contribution < -0.4 is 4.90 Å². The molecule has 4 nitrogen and oxygen atoms in total. The molecule has 0 amide bonds. The van der Waals surface area contributed by atoms with Gasteiger partial charge in [-0.3, -0.25) is 0 Å². The molecule has 0 aliphatic carbocycles. The van der Waals surface area contributed by atoms with E-state index in [1.54, 1.807) is 6.07 Å². The van der Waals surface area contributed by atoms with Crippen LogP contribution in [0.1, 0.15) is 23.2 Å². The van der Waals surface area contributed by atoms with Gasteiger partial charge < -0.3 is 14.9 Å². The largest absolute Gasteiger partial charge is 0.478 e. The zero-order valence-electron chi connectivity index (χ0n) is 11.3. The lowest BCUT2D eigenvalue weighted by molar-refractivity contribution is 0.0696. The minimum absolute atomic E-state index is 0.00962. The molecule has 1 fully saturated rings. The number of aromatic carboxylic acids is 1. The maximum Gasteiger partial charge on any atom is 0.335 e. The molecule has 0 spiro atoms. The van der Waals surface area contributed by atoms with E-state index < -0.39 is 11.8 Å². The van der Waals surface area contributed by atoms with Crippen LogP contribution in [0.4, 0.5) is 10.1 Å². The Bertz CT molecular complexity index is 477. The van der Waals surface area contributed by atoms with Gasteiger partial charge in [-0.1, -0.05) is 0 Å². The number of carboxylic acid groups (broad SMARTS) is 1. The Kier molecular flexibility index (Phi) is 4.04. The van der Waals surface area contributed by atoms with Crippen LogP contribution in [0.3, 0.4) is 0 Å². The van der Waals surface area contributed by atoms with Crippen molar-refractivity contribution in [2.75, 3.05) is 32.1 Å². The summed E-state index contributed by atoms with van der Waals surface area (Å²) in [6.07, 6.45) is 2.08. The first-order chi connectivity index (χ1) is 8.99. The fourth-order valence-corrected chi connectivity index (χ4v) is 2.64. The Balaban J connectivity index is 2.23. The Hall–Kier alpha value is -1.62. The van der Waals surface area contributed by atoms with Crippen LogP contribution in [-0.4, -0.2) is 49.2 Å². The molecule has 1 N–H and O–H groups in total. The summed E-state index contributed by atoms with van der Waals surface area (Å²) in [5, 5.41) is 8.85. The molecule has 1 aliphatic rings. The van der Waals surface area contributed by atoms with Gasteiger partial charge in [-0.15, -0.1) is 0 Å². The van der Waals surface area contributed by atoms with Crippen LogP contribution in [0.5, 0.6) is 0 Å². The fraction of sp³-hybridized carbons (Fsp3) is 0.500. The van der Waals surface area contributed by atoms with E-state index in [-0.39, 0.29) is 5.56 Å². The second-order valence-electron chi connectivity index (χ2n) is 5.22. The second-order valence-corrected chi connectivity index (χ2v) is 5.22. The maximum absolute atomic E-state index is 14.1.